The normalized spacial score (nSPS) is 13.7. The molecule has 1 saturated heterocycles. The molecule has 0 unspecified atom stereocenters. The maximum Gasteiger partial charge on any atom is 0.270 e. The number of nitro benzene ring substituents is 1. The number of amides is 1. The standard InChI is InChI=1S/C20H20N4O4/c1-2-28-18-6-3-15(4-7-18)20(25)23-11-9-22(10-12-23)19-8-5-17(24(26)27)13-16(19)14-21/h3-8,13H,2,9-12H2,1H3. The van der Waals surface area contributed by atoms with Gasteiger partial charge in [-0.1, -0.05) is 0 Å². The molecule has 2 aromatic carbocycles. The molecule has 1 heterocycles. The molecule has 0 aromatic heterocycles. The number of carbonyl (C=O) groups excluding carboxylic acids is 1. The van der Waals surface area contributed by atoms with Gasteiger partial charge in [0.1, 0.15) is 11.8 Å². The highest BCUT2D eigenvalue weighted by Gasteiger charge is 2.24. The second-order valence-electron chi connectivity index (χ2n) is 6.31. The van der Waals surface area contributed by atoms with Crippen molar-refractivity contribution >= 4 is 17.3 Å². The fraction of sp³-hybridized carbons (Fsp3) is 0.300. The number of benzene rings is 2. The highest BCUT2D eigenvalue weighted by atomic mass is 16.6. The maximum atomic E-state index is 12.7. The smallest absolute Gasteiger partial charge is 0.270 e. The Morgan fingerprint density at radius 3 is 2.43 bits per heavy atom. The van der Waals surface area contributed by atoms with E-state index in [1.165, 1.54) is 12.1 Å². The van der Waals surface area contributed by atoms with Crippen molar-refractivity contribution in [2.45, 2.75) is 6.92 Å². The molecule has 3 rings (SSSR count). The van der Waals surface area contributed by atoms with Crippen molar-refractivity contribution in [1.29, 1.82) is 5.26 Å². The predicted molar refractivity (Wildman–Crippen MR) is 104 cm³/mol. The molecule has 0 N–H and O–H groups in total. The lowest BCUT2D eigenvalue weighted by Gasteiger charge is -2.36. The number of rotatable bonds is 5. The SMILES string of the molecule is CCOc1ccc(C(=O)N2CCN(c3ccc([N+](=O)[O-])cc3C#N)CC2)cc1. The number of nitrogens with zero attached hydrogens (tertiary/aromatic N) is 4. The van der Waals surface area contributed by atoms with Gasteiger partial charge in [0.15, 0.2) is 0 Å². The van der Waals surface area contributed by atoms with Crippen molar-refractivity contribution in [2.75, 3.05) is 37.7 Å². The monoisotopic (exact) mass is 380 g/mol. The van der Waals surface area contributed by atoms with Crippen LogP contribution in [0.25, 0.3) is 0 Å². The summed E-state index contributed by atoms with van der Waals surface area (Å²) in [5.41, 5.74) is 1.41. The second kappa shape index (κ2) is 8.39. The third kappa shape index (κ3) is 4.04. The molecule has 0 saturated carbocycles. The van der Waals surface area contributed by atoms with E-state index in [9.17, 15) is 20.2 Å². The lowest BCUT2D eigenvalue weighted by Crippen LogP contribution is -2.49. The highest BCUT2D eigenvalue weighted by Crippen LogP contribution is 2.26. The number of nitriles is 1. The van der Waals surface area contributed by atoms with Gasteiger partial charge in [0.05, 0.1) is 22.8 Å². The molecular formula is C20H20N4O4. The van der Waals surface area contributed by atoms with E-state index in [0.717, 1.165) is 5.75 Å². The third-order valence-electron chi connectivity index (χ3n) is 4.63. The Labute approximate surface area is 162 Å². The molecule has 144 valence electrons. The Morgan fingerprint density at radius 2 is 1.86 bits per heavy atom. The fourth-order valence-corrected chi connectivity index (χ4v) is 3.20. The predicted octanol–water partition coefficient (Wildman–Crippen LogP) is 2.83. The van der Waals surface area contributed by atoms with Crippen molar-refractivity contribution in [3.8, 4) is 11.8 Å². The lowest BCUT2D eigenvalue weighted by molar-refractivity contribution is -0.384. The van der Waals surface area contributed by atoms with Gasteiger partial charge in [0, 0.05) is 43.9 Å². The van der Waals surface area contributed by atoms with E-state index >= 15 is 0 Å². The van der Waals surface area contributed by atoms with Crippen molar-refractivity contribution in [2.24, 2.45) is 0 Å². The van der Waals surface area contributed by atoms with Gasteiger partial charge in [-0.05, 0) is 37.3 Å². The van der Waals surface area contributed by atoms with E-state index in [1.54, 1.807) is 35.2 Å². The van der Waals surface area contributed by atoms with Crippen molar-refractivity contribution in [1.82, 2.24) is 4.90 Å². The number of hydrogen-bond acceptors (Lipinski definition) is 6. The number of carbonyl (C=O) groups is 1. The minimum Gasteiger partial charge on any atom is -0.494 e. The summed E-state index contributed by atoms with van der Waals surface area (Å²) >= 11 is 0. The van der Waals surface area contributed by atoms with Gasteiger partial charge in [-0.3, -0.25) is 14.9 Å². The van der Waals surface area contributed by atoms with Crippen LogP contribution in [0.5, 0.6) is 5.75 Å². The molecule has 0 spiro atoms. The average molecular weight is 380 g/mol. The zero-order chi connectivity index (χ0) is 20.1. The molecule has 1 fully saturated rings. The van der Waals surface area contributed by atoms with Crippen LogP contribution in [-0.4, -0.2) is 48.5 Å². The van der Waals surface area contributed by atoms with Crippen LogP contribution in [0.15, 0.2) is 42.5 Å². The Morgan fingerprint density at radius 1 is 1.18 bits per heavy atom. The summed E-state index contributed by atoms with van der Waals surface area (Å²) in [5, 5.41) is 20.2. The van der Waals surface area contributed by atoms with Crippen molar-refractivity contribution < 1.29 is 14.5 Å². The first kappa shape index (κ1) is 19.2. The van der Waals surface area contributed by atoms with E-state index in [-0.39, 0.29) is 17.2 Å². The fourth-order valence-electron chi connectivity index (χ4n) is 3.20. The average Bonchev–Trinajstić information content (AvgIpc) is 2.73. The molecular weight excluding hydrogens is 360 g/mol. The van der Waals surface area contributed by atoms with Gasteiger partial charge in [-0.25, -0.2) is 0 Å². The van der Waals surface area contributed by atoms with Crippen LogP contribution in [0, 0.1) is 21.4 Å². The first-order valence-corrected chi connectivity index (χ1v) is 8.99. The highest BCUT2D eigenvalue weighted by molar-refractivity contribution is 5.94. The molecule has 2 aromatic rings. The molecule has 28 heavy (non-hydrogen) atoms. The van der Waals surface area contributed by atoms with Crippen LogP contribution in [0.4, 0.5) is 11.4 Å². The van der Waals surface area contributed by atoms with Crippen LogP contribution < -0.4 is 9.64 Å². The first-order chi connectivity index (χ1) is 13.5. The summed E-state index contributed by atoms with van der Waals surface area (Å²) in [4.78, 5) is 26.8. The maximum absolute atomic E-state index is 12.7. The van der Waals surface area contributed by atoms with Crippen LogP contribution in [0.3, 0.4) is 0 Å². The molecule has 0 aliphatic carbocycles. The minimum absolute atomic E-state index is 0.0492. The molecule has 1 aliphatic rings. The van der Waals surface area contributed by atoms with Gasteiger partial charge in [0.25, 0.3) is 11.6 Å². The van der Waals surface area contributed by atoms with Gasteiger partial charge in [0.2, 0.25) is 0 Å². The molecule has 0 radical (unpaired) electrons. The Bertz CT molecular complexity index is 913. The molecule has 0 atom stereocenters. The third-order valence-corrected chi connectivity index (χ3v) is 4.63. The van der Waals surface area contributed by atoms with Gasteiger partial charge in [-0.15, -0.1) is 0 Å². The van der Waals surface area contributed by atoms with E-state index in [2.05, 4.69) is 0 Å². The largest absolute Gasteiger partial charge is 0.494 e. The van der Waals surface area contributed by atoms with Gasteiger partial charge in [-0.2, -0.15) is 5.26 Å². The van der Waals surface area contributed by atoms with E-state index in [0.29, 0.717) is 44.0 Å². The number of hydrogen-bond donors (Lipinski definition) is 0. The van der Waals surface area contributed by atoms with Gasteiger partial charge >= 0.3 is 0 Å². The molecule has 8 heteroatoms. The number of non-ortho nitro benzene ring substituents is 1. The zero-order valence-corrected chi connectivity index (χ0v) is 15.5. The van der Waals surface area contributed by atoms with Gasteiger partial charge < -0.3 is 14.5 Å². The summed E-state index contributed by atoms with van der Waals surface area (Å²) < 4.78 is 5.39. The number of nitro groups is 1. The quantitative estimate of drug-likeness (QED) is 0.584. The van der Waals surface area contributed by atoms with Crippen LogP contribution in [-0.2, 0) is 0 Å². The summed E-state index contributed by atoms with van der Waals surface area (Å²) in [7, 11) is 0. The zero-order valence-electron chi connectivity index (χ0n) is 15.5. The Hall–Kier alpha value is -3.60. The second-order valence-corrected chi connectivity index (χ2v) is 6.31. The molecule has 1 amide bonds. The minimum atomic E-state index is -0.516. The summed E-state index contributed by atoms with van der Waals surface area (Å²) in [6.07, 6.45) is 0. The summed E-state index contributed by atoms with van der Waals surface area (Å²) in [6, 6.07) is 13.4. The van der Waals surface area contributed by atoms with Crippen LogP contribution in [0.2, 0.25) is 0 Å². The topological polar surface area (TPSA) is 99.7 Å². The number of anilines is 1. The number of piperazine rings is 1. The molecule has 1 aliphatic heterocycles. The van der Waals surface area contributed by atoms with Crippen LogP contribution in [0.1, 0.15) is 22.8 Å². The molecule has 8 nitrogen and oxygen atoms in total. The molecule has 0 bridgehead atoms. The van der Waals surface area contributed by atoms with E-state index in [4.69, 9.17) is 4.74 Å². The van der Waals surface area contributed by atoms with Crippen molar-refractivity contribution in [3.63, 3.8) is 0 Å². The first-order valence-electron chi connectivity index (χ1n) is 8.99. The summed E-state index contributed by atoms with van der Waals surface area (Å²) in [5.74, 6) is 0.679. The lowest BCUT2D eigenvalue weighted by atomic mass is 10.1. The Balaban J connectivity index is 1.66. The van der Waals surface area contributed by atoms with E-state index < -0.39 is 4.92 Å². The Kier molecular flexibility index (Phi) is 5.75. The van der Waals surface area contributed by atoms with E-state index in [1.807, 2.05) is 17.9 Å². The number of ether oxygens (including phenoxy) is 1. The summed E-state index contributed by atoms with van der Waals surface area (Å²) in [6.45, 7) is 4.59. The van der Waals surface area contributed by atoms with Crippen molar-refractivity contribution in [3.05, 3.63) is 63.7 Å². The van der Waals surface area contributed by atoms with Crippen LogP contribution >= 0.6 is 0 Å².